The van der Waals surface area contributed by atoms with Crippen LogP contribution in [-0.2, 0) is 194 Å². The first-order valence-electron chi connectivity index (χ1n) is 44.0. The number of carbonyl (C=O) groups excluding carboxylic acids is 1. The van der Waals surface area contributed by atoms with Crippen molar-refractivity contribution in [1.29, 1.82) is 0 Å². The van der Waals surface area contributed by atoms with Crippen LogP contribution in [0.25, 0.3) is 0 Å². The fourth-order valence-corrected chi connectivity index (χ4v) is 17.6. The first-order valence-corrected chi connectivity index (χ1v) is 44.0. The minimum Gasteiger partial charge on any atom is -1.00 e. The summed E-state index contributed by atoms with van der Waals surface area (Å²) in [4.78, 5) is 10.9. The molecule has 25 heteroatoms. The van der Waals surface area contributed by atoms with Crippen LogP contribution in [0.5, 0.6) is 0 Å². The Morgan fingerprint density at radius 3 is 0.839 bits per heavy atom. The molecule has 5 saturated heterocycles. The van der Waals surface area contributed by atoms with Gasteiger partial charge in [0.05, 0.1) is 77.3 Å². The van der Waals surface area contributed by atoms with Crippen LogP contribution >= 0.6 is 0 Å². The van der Waals surface area contributed by atoms with Crippen LogP contribution in [0, 0.1) is 159 Å². The summed E-state index contributed by atoms with van der Waals surface area (Å²) in [6.07, 6.45) is 71.9. The molecule has 0 spiro atoms. The molecular formula is C99H193Fe5KO16UV2. The topological polar surface area (TPSA) is 167 Å². The molecule has 0 bridgehead atoms. The molecule has 15 aliphatic rings. The number of aliphatic hydroxyl groups excluding tert-OH is 1. The average molecular weight is 2300 g/mol. The molecule has 0 aromatic rings. The molecule has 740 valence electrons. The maximum absolute atomic E-state index is 10.9. The van der Waals surface area contributed by atoms with E-state index in [1.807, 2.05) is 0 Å². The molecule has 16 nitrogen and oxygen atoms in total. The van der Waals surface area contributed by atoms with Crippen molar-refractivity contribution in [2.24, 2.45) is 53.3 Å². The molecule has 5 heterocycles. The Hall–Kier alpha value is 4.74. The third-order valence-corrected chi connectivity index (χ3v) is 24.0. The van der Waals surface area contributed by atoms with Crippen molar-refractivity contribution in [2.45, 2.75) is 358 Å². The predicted octanol–water partition coefficient (Wildman–Crippen LogP) is 22.2. The van der Waals surface area contributed by atoms with Crippen LogP contribution in [0.15, 0.2) is 38.0 Å². The van der Waals surface area contributed by atoms with Crippen molar-refractivity contribution in [3.8, 4) is 0 Å². The summed E-state index contributed by atoms with van der Waals surface area (Å²) < 4.78 is 77.3. The number of allylic oxidation sites excluding steroid dienone is 3. The van der Waals surface area contributed by atoms with Crippen molar-refractivity contribution in [3.63, 3.8) is 0 Å². The van der Waals surface area contributed by atoms with Gasteiger partial charge in [-0.1, -0.05) is 217 Å². The molecule has 16 unspecified atom stereocenters. The number of aliphatic hydroxyl groups is 1. The van der Waals surface area contributed by atoms with Gasteiger partial charge in [-0.2, -0.15) is 0 Å². The van der Waals surface area contributed by atoms with Crippen molar-refractivity contribution >= 4 is 6.29 Å². The van der Waals surface area contributed by atoms with E-state index < -0.39 is 0 Å². The first-order chi connectivity index (χ1) is 51.8. The van der Waals surface area contributed by atoms with E-state index in [1.165, 1.54) is 257 Å². The molecule has 0 amide bonds. The van der Waals surface area contributed by atoms with Gasteiger partial charge in [-0.3, -0.25) is 0 Å². The molecule has 0 aromatic heterocycles. The van der Waals surface area contributed by atoms with E-state index in [0.29, 0.717) is 81.1 Å². The maximum atomic E-state index is 10.9. The first kappa shape index (κ1) is 162. The Balaban J connectivity index is -0.0000000755. The number of hydrogen-bond acceptors (Lipinski definition) is 16. The predicted molar refractivity (Wildman–Crippen MR) is 490 cm³/mol. The van der Waals surface area contributed by atoms with E-state index in [9.17, 15) is 4.79 Å². The largest absolute Gasteiger partial charge is 2.00 e. The summed E-state index contributed by atoms with van der Waals surface area (Å²) in [5.41, 5.74) is 0. The van der Waals surface area contributed by atoms with Crippen LogP contribution in [0.2, 0.25) is 0 Å². The Kier molecular flexibility index (Phi) is 148. The Morgan fingerprint density at radius 2 is 0.581 bits per heavy atom. The summed E-state index contributed by atoms with van der Waals surface area (Å²) in [7, 11) is 6.84. The van der Waals surface area contributed by atoms with Crippen LogP contribution in [0.4, 0.5) is 0 Å². The molecule has 15 rings (SSSR count). The van der Waals surface area contributed by atoms with Gasteiger partial charge in [-0.05, 0) is 133 Å². The van der Waals surface area contributed by atoms with Crippen molar-refractivity contribution < 1.29 is 283 Å². The normalized spacial score (nSPS) is 28.1. The van der Waals surface area contributed by atoms with Crippen molar-refractivity contribution in [3.05, 3.63) is 112 Å². The molecule has 10 aliphatic carbocycles. The zero-order valence-electron chi connectivity index (χ0n) is 83.1. The smallest absolute Gasteiger partial charge is 1.00 e. The monoisotopic (exact) mass is 2300 g/mol. The van der Waals surface area contributed by atoms with Gasteiger partial charge in [0.1, 0.15) is 6.29 Å². The maximum Gasteiger partial charge on any atom is 2.00 e. The summed E-state index contributed by atoms with van der Waals surface area (Å²) in [5.74, 6) is 4.45. The van der Waals surface area contributed by atoms with E-state index in [1.54, 1.807) is 28.4 Å². The van der Waals surface area contributed by atoms with Crippen LogP contribution in [0.3, 0.4) is 0 Å². The van der Waals surface area contributed by atoms with Gasteiger partial charge in [-0.15, -0.1) is 19.7 Å². The Labute approximate surface area is 915 Å². The van der Waals surface area contributed by atoms with Gasteiger partial charge in [0.15, 0.2) is 25.2 Å². The van der Waals surface area contributed by atoms with E-state index in [4.69, 9.17) is 71.4 Å². The second kappa shape index (κ2) is 113. The van der Waals surface area contributed by atoms with E-state index >= 15 is 0 Å². The standard InChI is InChI=1S/2C13H22O3.C12H20O4.C11H20O3.C11H20O2.5C5H10.C4H8O.10CH3.5Fe.K.U.2V.H/c2*1-3-10-5-4-6-12(10)13-15-8-7-11(16-13)9-14-2;1-14-8-10-5-6-15-12(16-10)11-4-2-3-9(11)7-13;1-12-8-10-6-7-13-11(14-10)9-4-2-3-5-9;1-2-10-5-3-6-11(10)9-13-8-4-7-12;6*1-2-4-5-3-1;;;;;;;;;;;;;;;;;;;;/h2*3,10-13H,1,4-9H2,2H3;7,9-12H,2-6,8H2,1H3;9-11H,2-8H2,1H3;2,10-12H,1,3-9H2;5*1-5H2;1-4H2;10*1H3;;;;;;;;;;/q;;;;;;;;;;;10*-1;5*+2;+1;;;;-1. The van der Waals surface area contributed by atoms with Gasteiger partial charge in [0.2, 0.25) is 0 Å². The third kappa shape index (κ3) is 74.7. The zero-order chi connectivity index (χ0) is 74.7. The summed E-state index contributed by atoms with van der Waals surface area (Å²) in [6.45, 7) is 21.2. The van der Waals surface area contributed by atoms with Crippen molar-refractivity contribution in [1.82, 2.24) is 0 Å². The SMILES string of the molecule is C1CCCC1.C1CCCC1.C1CCCC1.C1CCCC1.C1CCCC1.C1CCOC1.C=CC1CCCC1C1OCCC(COC)O1.C=CC1CCCC1C1OCCC(COC)O1.C=CC1CCCC1COCCCO.COCC1CCOC(C2CCCC2)O1.COCC1CCOC(C2CCCC2C=O)O1.[CH3-].[CH3-].[CH3-].[CH3-].[CH3-].[CH3-].[CH3-].[CH3-].[CH3-].[CH3-].[Fe+2].[Fe+2].[Fe+2].[Fe+2].[Fe+2].[H-].[K+].[U].[V].[V]. The van der Waals surface area contributed by atoms with E-state index in [0.717, 1.165) is 97.3 Å². The average Bonchev–Trinajstić information content (AvgIpc) is 1.76. The minimum absolute atomic E-state index is 0. The van der Waals surface area contributed by atoms with Crippen LogP contribution in [0.1, 0.15) is 310 Å². The van der Waals surface area contributed by atoms with Crippen LogP contribution < -0.4 is 51.4 Å². The summed E-state index contributed by atoms with van der Waals surface area (Å²) >= 11 is 0. The van der Waals surface area contributed by atoms with Gasteiger partial charge in [0, 0.05) is 159 Å². The molecule has 5 aliphatic heterocycles. The summed E-state index contributed by atoms with van der Waals surface area (Å²) in [5, 5.41) is 8.56. The quantitative estimate of drug-likeness (QED) is 0.0379. The molecule has 16 atom stereocenters. The molecule has 0 aromatic carbocycles. The second-order valence-electron chi connectivity index (χ2n) is 32.3. The number of rotatable bonds is 21. The second-order valence-corrected chi connectivity index (χ2v) is 32.3. The molecule has 2 radical (unpaired) electrons. The zero-order valence-corrected chi connectivity index (χ0v) is 97.7. The molecule has 10 saturated carbocycles. The number of carbonyl (C=O) groups is 1. The summed E-state index contributed by atoms with van der Waals surface area (Å²) in [6, 6.07) is 0. The molecule has 1 N–H and O–H groups in total. The van der Waals surface area contributed by atoms with Gasteiger partial charge >= 0.3 is 137 Å². The van der Waals surface area contributed by atoms with Crippen molar-refractivity contribution in [2.75, 3.05) is 114 Å². The van der Waals surface area contributed by atoms with Gasteiger partial charge in [0.25, 0.3) is 0 Å². The number of ether oxygens (including phenoxy) is 14. The van der Waals surface area contributed by atoms with Gasteiger partial charge < -0.3 is 152 Å². The molecule has 124 heavy (non-hydrogen) atoms. The third-order valence-electron chi connectivity index (χ3n) is 24.0. The number of hydrogen-bond donors (Lipinski definition) is 1. The fraction of sp³-hybridized carbons (Fsp3) is 0.828. The number of aldehydes is 1. The Bertz CT molecular complexity index is 1820. The van der Waals surface area contributed by atoms with E-state index in [-0.39, 0.29) is 349 Å². The molecular weight excluding hydrogens is 2100 g/mol. The minimum atomic E-state index is -0.202. The Morgan fingerprint density at radius 1 is 0.323 bits per heavy atom. The fourth-order valence-electron chi connectivity index (χ4n) is 17.6. The van der Waals surface area contributed by atoms with E-state index in [2.05, 4.69) is 38.0 Å². The van der Waals surface area contributed by atoms with Crippen LogP contribution in [-0.4, -0.2) is 175 Å². The molecule has 15 fully saturated rings. The van der Waals surface area contributed by atoms with Gasteiger partial charge in [-0.25, -0.2) is 0 Å². The number of methoxy groups -OCH3 is 4.